The Labute approximate surface area is 203 Å². The number of hydrogen-bond donors (Lipinski definition) is 3. The highest BCUT2D eigenvalue weighted by Gasteiger charge is 2.30. The predicted molar refractivity (Wildman–Crippen MR) is 132 cm³/mol. The van der Waals surface area contributed by atoms with Gasteiger partial charge in [0.15, 0.2) is 0 Å². The van der Waals surface area contributed by atoms with E-state index in [1.165, 1.54) is 6.20 Å². The first kappa shape index (κ1) is 29.5. The molecule has 11 heteroatoms. The van der Waals surface area contributed by atoms with Crippen LogP contribution in [0.25, 0.3) is 0 Å². The molecule has 0 bridgehead atoms. The molecule has 0 saturated heterocycles. The number of alkyl halides is 3. The summed E-state index contributed by atoms with van der Waals surface area (Å²) < 4.78 is 37.7. The monoisotopic (exact) mass is 492 g/mol. The van der Waals surface area contributed by atoms with E-state index < -0.39 is 17.6 Å². The van der Waals surface area contributed by atoms with Gasteiger partial charge in [-0.15, -0.1) is 0 Å². The fraction of sp³-hybridized carbons (Fsp3) is 0.333. The van der Waals surface area contributed by atoms with Gasteiger partial charge in [-0.25, -0.2) is 4.98 Å². The van der Waals surface area contributed by atoms with Crippen molar-refractivity contribution in [3.05, 3.63) is 73.1 Å². The van der Waals surface area contributed by atoms with Crippen molar-refractivity contribution in [3.8, 4) is 0 Å². The van der Waals surface area contributed by atoms with Gasteiger partial charge in [-0.3, -0.25) is 19.5 Å². The number of anilines is 1. The van der Waals surface area contributed by atoms with Gasteiger partial charge in [0, 0.05) is 45.0 Å². The van der Waals surface area contributed by atoms with E-state index in [0.717, 1.165) is 17.8 Å². The lowest BCUT2D eigenvalue weighted by Crippen LogP contribution is -2.40. The molecule has 190 valence electrons. The van der Waals surface area contributed by atoms with Crippen LogP contribution in [0.3, 0.4) is 0 Å². The Balaban J connectivity index is 2.59. The lowest BCUT2D eigenvalue weighted by molar-refractivity contribution is -0.137. The Morgan fingerprint density at radius 2 is 1.94 bits per heavy atom. The van der Waals surface area contributed by atoms with Crippen LogP contribution in [0.1, 0.15) is 18.9 Å². The quantitative estimate of drug-likeness (QED) is 0.273. The summed E-state index contributed by atoms with van der Waals surface area (Å²) >= 11 is 0. The van der Waals surface area contributed by atoms with Crippen LogP contribution >= 0.6 is 0 Å². The molecule has 0 radical (unpaired) electrons. The number of carbonyl (C=O) groups is 2. The van der Waals surface area contributed by atoms with Gasteiger partial charge in [0.05, 0.1) is 17.8 Å². The standard InChI is InChI=1S/C24H31F3N6O2/c1-3-9-20(29-4-2)17-33(15-8-6-5-7-13-28)18-23(35)30-14-12-22(34)32-21-11-10-19(16-31-21)24(25,26)27/h3-11,16H,2,12-15,17-18,28H2,1H3,(H,30,35)(H,31,32,34)/b7-5-,8-6-,9-3-,29-20?. The van der Waals surface area contributed by atoms with Crippen LogP contribution in [0.4, 0.5) is 19.0 Å². The zero-order chi connectivity index (χ0) is 26.1. The fourth-order valence-corrected chi connectivity index (χ4v) is 2.72. The van der Waals surface area contributed by atoms with E-state index >= 15 is 0 Å². The SMILES string of the molecule is C=CN=C(/C=C\C)CN(C/C=C\C=C/CN)CC(=O)NCCC(=O)Nc1ccc(C(F)(F)F)cn1. The van der Waals surface area contributed by atoms with E-state index in [4.69, 9.17) is 5.73 Å². The molecule has 1 heterocycles. The molecular weight excluding hydrogens is 461 g/mol. The summed E-state index contributed by atoms with van der Waals surface area (Å²) in [5.41, 5.74) is 5.23. The molecule has 0 aliphatic heterocycles. The van der Waals surface area contributed by atoms with Gasteiger partial charge in [0.2, 0.25) is 11.8 Å². The van der Waals surface area contributed by atoms with Crippen molar-refractivity contribution < 1.29 is 22.8 Å². The zero-order valence-electron chi connectivity index (χ0n) is 19.6. The molecular formula is C24H31F3N6O2. The first-order valence-electron chi connectivity index (χ1n) is 10.8. The Morgan fingerprint density at radius 1 is 1.20 bits per heavy atom. The minimum Gasteiger partial charge on any atom is -0.354 e. The smallest absolute Gasteiger partial charge is 0.354 e. The molecule has 0 aromatic carbocycles. The number of rotatable bonds is 14. The van der Waals surface area contributed by atoms with Crippen molar-refractivity contribution >= 4 is 23.3 Å². The number of hydrogen-bond acceptors (Lipinski definition) is 6. The molecule has 4 N–H and O–H groups in total. The van der Waals surface area contributed by atoms with Crippen molar-refractivity contribution in [1.29, 1.82) is 0 Å². The van der Waals surface area contributed by atoms with Crippen molar-refractivity contribution in [2.45, 2.75) is 19.5 Å². The van der Waals surface area contributed by atoms with Gasteiger partial charge in [0.1, 0.15) is 5.82 Å². The van der Waals surface area contributed by atoms with Gasteiger partial charge in [-0.05, 0) is 25.1 Å². The molecule has 2 amide bonds. The van der Waals surface area contributed by atoms with Gasteiger partial charge in [-0.2, -0.15) is 13.2 Å². The number of halogens is 3. The second-order valence-corrected chi connectivity index (χ2v) is 7.14. The van der Waals surface area contributed by atoms with Crippen LogP contribution in [0.15, 0.2) is 72.6 Å². The summed E-state index contributed by atoms with van der Waals surface area (Å²) in [6, 6.07) is 1.90. The molecule has 0 fully saturated rings. The highest BCUT2D eigenvalue weighted by Crippen LogP contribution is 2.28. The maximum absolute atomic E-state index is 12.6. The molecule has 0 unspecified atom stereocenters. The first-order chi connectivity index (χ1) is 16.7. The molecule has 0 spiro atoms. The van der Waals surface area contributed by atoms with E-state index in [1.54, 1.807) is 6.08 Å². The van der Waals surface area contributed by atoms with Gasteiger partial charge in [0.25, 0.3) is 0 Å². The van der Waals surface area contributed by atoms with E-state index in [1.807, 2.05) is 42.2 Å². The van der Waals surface area contributed by atoms with Crippen molar-refractivity contribution in [1.82, 2.24) is 15.2 Å². The largest absolute Gasteiger partial charge is 0.417 e. The second kappa shape index (κ2) is 16.1. The van der Waals surface area contributed by atoms with E-state index in [0.29, 0.717) is 25.8 Å². The lowest BCUT2D eigenvalue weighted by atomic mass is 10.2. The van der Waals surface area contributed by atoms with Crippen molar-refractivity contribution in [2.24, 2.45) is 10.7 Å². The molecule has 1 rings (SSSR count). The third-order valence-electron chi connectivity index (χ3n) is 4.28. The number of aromatic nitrogens is 1. The minimum absolute atomic E-state index is 0.00557. The molecule has 35 heavy (non-hydrogen) atoms. The number of allylic oxidation sites excluding steroid dienone is 3. The zero-order valence-corrected chi connectivity index (χ0v) is 19.6. The maximum atomic E-state index is 12.6. The Hall–Kier alpha value is -3.57. The highest BCUT2D eigenvalue weighted by atomic mass is 19.4. The Bertz CT molecular complexity index is 938. The van der Waals surface area contributed by atoms with Crippen LogP contribution in [-0.4, -0.2) is 60.1 Å². The summed E-state index contributed by atoms with van der Waals surface area (Å²) in [5.74, 6) is -0.790. The highest BCUT2D eigenvalue weighted by molar-refractivity contribution is 5.97. The van der Waals surface area contributed by atoms with E-state index in [-0.39, 0.29) is 31.2 Å². The average Bonchev–Trinajstić information content (AvgIpc) is 2.79. The summed E-state index contributed by atoms with van der Waals surface area (Å²) in [6.45, 7) is 6.86. The maximum Gasteiger partial charge on any atom is 0.417 e. The van der Waals surface area contributed by atoms with Crippen LogP contribution in [-0.2, 0) is 15.8 Å². The first-order valence-corrected chi connectivity index (χ1v) is 10.8. The van der Waals surface area contributed by atoms with Crippen LogP contribution in [0.2, 0.25) is 0 Å². The molecule has 8 nitrogen and oxygen atoms in total. The number of nitrogens with zero attached hydrogens (tertiary/aromatic N) is 3. The summed E-state index contributed by atoms with van der Waals surface area (Å²) in [5, 5.41) is 5.06. The molecule has 0 atom stereocenters. The topological polar surface area (TPSA) is 113 Å². The van der Waals surface area contributed by atoms with Crippen LogP contribution in [0, 0.1) is 0 Å². The van der Waals surface area contributed by atoms with E-state index in [2.05, 4.69) is 27.2 Å². The van der Waals surface area contributed by atoms with Crippen LogP contribution < -0.4 is 16.4 Å². The average molecular weight is 493 g/mol. The Kier molecular flexibility index (Phi) is 13.6. The van der Waals surface area contributed by atoms with Gasteiger partial charge in [-0.1, -0.05) is 37.0 Å². The van der Waals surface area contributed by atoms with Gasteiger partial charge < -0.3 is 16.4 Å². The summed E-state index contributed by atoms with van der Waals surface area (Å²) in [6.07, 6.45) is 8.48. The summed E-state index contributed by atoms with van der Waals surface area (Å²) in [7, 11) is 0. The third-order valence-corrected chi connectivity index (χ3v) is 4.28. The number of amides is 2. The second-order valence-electron chi connectivity index (χ2n) is 7.14. The fourth-order valence-electron chi connectivity index (χ4n) is 2.72. The number of nitrogens with two attached hydrogens (primary N) is 1. The van der Waals surface area contributed by atoms with Crippen molar-refractivity contribution in [2.75, 3.05) is 38.0 Å². The molecule has 1 aromatic heterocycles. The van der Waals surface area contributed by atoms with E-state index in [9.17, 15) is 22.8 Å². The predicted octanol–water partition coefficient (Wildman–Crippen LogP) is 3.08. The minimum atomic E-state index is -4.50. The normalized spacial score (nSPS) is 12.7. The van der Waals surface area contributed by atoms with Gasteiger partial charge >= 0.3 is 6.18 Å². The number of pyridine rings is 1. The lowest BCUT2D eigenvalue weighted by Gasteiger charge is -2.20. The molecule has 0 saturated carbocycles. The molecule has 0 aliphatic carbocycles. The number of nitrogens with one attached hydrogen (secondary N) is 2. The van der Waals surface area contributed by atoms with Crippen molar-refractivity contribution in [3.63, 3.8) is 0 Å². The molecule has 0 aliphatic rings. The molecule has 1 aromatic rings. The number of aliphatic imine (C=N–C) groups is 1. The summed E-state index contributed by atoms with van der Waals surface area (Å²) in [4.78, 5) is 34.1. The number of carbonyl (C=O) groups excluding carboxylic acids is 2. The Morgan fingerprint density at radius 3 is 2.54 bits per heavy atom. The van der Waals surface area contributed by atoms with Crippen LogP contribution in [0.5, 0.6) is 0 Å². The third kappa shape index (κ3) is 13.0.